The molecule has 1 aliphatic heterocycles. The van der Waals surface area contributed by atoms with E-state index in [4.69, 9.17) is 23.2 Å². The van der Waals surface area contributed by atoms with Crippen LogP contribution in [0.1, 0.15) is 37.3 Å². The molecule has 7 nitrogen and oxygen atoms in total. The van der Waals surface area contributed by atoms with Crippen molar-refractivity contribution in [2.75, 3.05) is 17.4 Å². The van der Waals surface area contributed by atoms with Gasteiger partial charge in [0.2, 0.25) is 11.8 Å². The highest BCUT2D eigenvalue weighted by Gasteiger charge is 2.36. The highest BCUT2D eigenvalue weighted by atomic mass is 35.5. The van der Waals surface area contributed by atoms with Crippen molar-refractivity contribution in [2.45, 2.75) is 50.1 Å². The van der Waals surface area contributed by atoms with Crippen LogP contribution in [0.15, 0.2) is 89.8 Å². The number of hydrogen-bond acceptors (Lipinski definition) is 4. The van der Waals surface area contributed by atoms with E-state index in [0.717, 1.165) is 22.9 Å². The van der Waals surface area contributed by atoms with Crippen molar-refractivity contribution in [3.05, 3.63) is 106 Å². The Balaban J connectivity index is 1.40. The average Bonchev–Trinajstić information content (AvgIpc) is 3.23. The lowest BCUT2D eigenvalue weighted by Crippen LogP contribution is -2.50. The Hall–Kier alpha value is -3.59. The predicted octanol–water partition coefficient (Wildman–Crippen LogP) is 6.60. The first-order chi connectivity index (χ1) is 20.7. The first-order valence-electron chi connectivity index (χ1n) is 14.3. The van der Waals surface area contributed by atoms with Crippen molar-refractivity contribution in [1.82, 2.24) is 10.2 Å². The Bertz CT molecular complexity index is 1740. The number of sulfonamides is 1. The van der Waals surface area contributed by atoms with Crippen molar-refractivity contribution in [3.8, 4) is 0 Å². The van der Waals surface area contributed by atoms with E-state index >= 15 is 0 Å². The molecule has 0 unspecified atom stereocenters. The summed E-state index contributed by atoms with van der Waals surface area (Å²) in [5.41, 5.74) is 2.27. The van der Waals surface area contributed by atoms with Gasteiger partial charge in [-0.05, 0) is 53.6 Å². The Morgan fingerprint density at radius 1 is 0.907 bits per heavy atom. The molecule has 224 valence electrons. The highest BCUT2D eigenvalue weighted by molar-refractivity contribution is 7.93. The van der Waals surface area contributed by atoms with E-state index in [1.165, 1.54) is 4.31 Å². The topological polar surface area (TPSA) is 86.8 Å². The second-order valence-electron chi connectivity index (χ2n) is 10.6. The van der Waals surface area contributed by atoms with Crippen LogP contribution in [0.3, 0.4) is 0 Å². The molecule has 43 heavy (non-hydrogen) atoms. The number of carbonyl (C=O) groups excluding carboxylic acids is 2. The van der Waals surface area contributed by atoms with E-state index < -0.39 is 16.1 Å². The fourth-order valence-electron chi connectivity index (χ4n) is 5.47. The molecular weight excluding hydrogens is 605 g/mol. The average molecular weight is 639 g/mol. The number of hydrogen-bond donors (Lipinski definition) is 1. The molecule has 10 heteroatoms. The van der Waals surface area contributed by atoms with Crippen LogP contribution in [0.4, 0.5) is 5.69 Å². The van der Waals surface area contributed by atoms with Crippen LogP contribution >= 0.6 is 23.2 Å². The van der Waals surface area contributed by atoms with Crippen molar-refractivity contribution in [1.29, 1.82) is 0 Å². The molecule has 0 saturated heterocycles. The minimum Gasteiger partial charge on any atom is -0.354 e. The molecule has 1 aliphatic rings. The van der Waals surface area contributed by atoms with Crippen LogP contribution in [0, 0.1) is 0 Å². The Kier molecular flexibility index (Phi) is 9.59. The van der Waals surface area contributed by atoms with Gasteiger partial charge in [0.15, 0.2) is 0 Å². The van der Waals surface area contributed by atoms with E-state index in [1.54, 1.807) is 41.3 Å². The van der Waals surface area contributed by atoms with Crippen molar-refractivity contribution in [2.24, 2.45) is 0 Å². The SMILES string of the molecule is CCCNC(=O)[C@@H](Cc1ccccc1)N(Cc1ccc(Cl)c(Cl)c1)C(=O)CCCN1c2cccc3cccc(c23)S1(=O)=O. The Labute approximate surface area is 262 Å². The zero-order chi connectivity index (χ0) is 30.6. The molecule has 1 atom stereocenters. The third-order valence-corrected chi connectivity index (χ3v) is 10.2. The third kappa shape index (κ3) is 6.66. The van der Waals surface area contributed by atoms with E-state index in [9.17, 15) is 18.0 Å². The summed E-state index contributed by atoms with van der Waals surface area (Å²) in [7, 11) is -3.74. The first-order valence-corrected chi connectivity index (χ1v) is 16.5. The molecule has 0 radical (unpaired) electrons. The van der Waals surface area contributed by atoms with Gasteiger partial charge in [0.05, 0.1) is 20.6 Å². The standard InChI is InChI=1S/C33H33Cl2N3O4S/c1-2-18-36-33(40)29(21-23-9-4-3-5-10-23)37(22-24-16-17-26(34)27(35)20-24)31(39)15-8-19-38-28-13-6-11-25-12-7-14-30(32(25)28)43(38,41)42/h3-7,9-14,16-17,20,29H,2,8,15,18-19,21-22H2,1H3,(H,36,40)/t29-/m1/s1. The predicted molar refractivity (Wildman–Crippen MR) is 172 cm³/mol. The third-order valence-electron chi connectivity index (χ3n) is 7.59. The first kappa shape index (κ1) is 30.9. The van der Waals surface area contributed by atoms with Crippen molar-refractivity contribution in [3.63, 3.8) is 0 Å². The van der Waals surface area contributed by atoms with Gasteiger partial charge < -0.3 is 10.2 Å². The van der Waals surface area contributed by atoms with Crippen LogP contribution < -0.4 is 9.62 Å². The maximum Gasteiger partial charge on any atom is 0.265 e. The molecule has 0 bridgehead atoms. The Morgan fingerprint density at radius 2 is 1.65 bits per heavy atom. The number of carbonyl (C=O) groups is 2. The van der Waals surface area contributed by atoms with Crippen LogP contribution in [0.2, 0.25) is 10.0 Å². The summed E-state index contributed by atoms with van der Waals surface area (Å²) in [6.45, 7) is 2.72. The normalized spacial score (nSPS) is 14.1. The fraction of sp³-hybridized carbons (Fsp3) is 0.273. The minimum atomic E-state index is -3.74. The van der Waals surface area contributed by atoms with Crippen LogP contribution in [0.25, 0.3) is 10.8 Å². The van der Waals surface area contributed by atoms with Crippen molar-refractivity contribution < 1.29 is 18.0 Å². The van der Waals surface area contributed by atoms with Crippen LogP contribution in [-0.4, -0.2) is 44.3 Å². The molecule has 4 aromatic carbocycles. The largest absolute Gasteiger partial charge is 0.354 e. The summed E-state index contributed by atoms with van der Waals surface area (Å²) < 4.78 is 28.2. The van der Waals surface area contributed by atoms with Gasteiger partial charge in [0.1, 0.15) is 6.04 Å². The van der Waals surface area contributed by atoms with Crippen molar-refractivity contribution >= 4 is 61.5 Å². The van der Waals surface area contributed by atoms with Gasteiger partial charge in [-0.2, -0.15) is 0 Å². The molecule has 0 spiro atoms. The number of halogens is 2. The van der Waals surface area contributed by atoms with E-state index in [1.807, 2.05) is 55.5 Å². The number of amides is 2. The summed E-state index contributed by atoms with van der Waals surface area (Å²) in [5.74, 6) is -0.505. The molecule has 0 fully saturated rings. The van der Waals surface area contributed by atoms with E-state index in [2.05, 4.69) is 5.32 Å². The number of benzene rings is 4. The summed E-state index contributed by atoms with van der Waals surface area (Å²) >= 11 is 12.4. The fourth-order valence-corrected chi connectivity index (χ4v) is 7.54. The van der Waals surface area contributed by atoms with Gasteiger partial charge in [0, 0.05) is 37.9 Å². The molecule has 2 amide bonds. The summed E-state index contributed by atoms with van der Waals surface area (Å²) in [6.07, 6.45) is 1.40. The Morgan fingerprint density at radius 3 is 2.37 bits per heavy atom. The van der Waals surface area contributed by atoms with Gasteiger partial charge in [0.25, 0.3) is 10.0 Å². The maximum absolute atomic E-state index is 14.0. The smallest absolute Gasteiger partial charge is 0.265 e. The molecule has 0 aliphatic carbocycles. The molecule has 0 aromatic heterocycles. The summed E-state index contributed by atoms with van der Waals surface area (Å²) in [6, 6.07) is 24.7. The number of nitrogens with one attached hydrogen (secondary N) is 1. The lowest BCUT2D eigenvalue weighted by molar-refractivity contribution is -0.141. The van der Waals surface area contributed by atoms with Gasteiger partial charge >= 0.3 is 0 Å². The molecular formula is C33H33Cl2N3O4S. The number of anilines is 1. The molecule has 5 rings (SSSR count). The quantitative estimate of drug-likeness (QED) is 0.190. The van der Waals surface area contributed by atoms with Crippen LogP contribution in [0.5, 0.6) is 0 Å². The summed E-state index contributed by atoms with van der Waals surface area (Å²) in [5, 5.41) is 5.27. The van der Waals surface area contributed by atoms with Gasteiger partial charge in [-0.15, -0.1) is 0 Å². The lowest BCUT2D eigenvalue weighted by atomic mass is 10.0. The number of nitrogens with zero attached hydrogens (tertiary/aromatic N) is 2. The monoisotopic (exact) mass is 637 g/mol. The molecule has 4 aromatic rings. The highest BCUT2D eigenvalue weighted by Crippen LogP contribution is 2.42. The zero-order valence-electron chi connectivity index (χ0n) is 23.8. The van der Waals surface area contributed by atoms with Gasteiger partial charge in [-0.25, -0.2) is 8.42 Å². The number of rotatable bonds is 12. The van der Waals surface area contributed by atoms with E-state index in [-0.39, 0.29) is 42.6 Å². The zero-order valence-corrected chi connectivity index (χ0v) is 26.1. The molecule has 1 heterocycles. The summed E-state index contributed by atoms with van der Waals surface area (Å²) in [4.78, 5) is 29.4. The maximum atomic E-state index is 14.0. The second-order valence-corrected chi connectivity index (χ2v) is 13.2. The minimum absolute atomic E-state index is 0.0476. The van der Waals surface area contributed by atoms with Crippen LogP contribution in [-0.2, 0) is 32.6 Å². The second kappa shape index (κ2) is 13.4. The van der Waals surface area contributed by atoms with Gasteiger partial charge in [-0.1, -0.05) is 90.8 Å². The van der Waals surface area contributed by atoms with E-state index in [0.29, 0.717) is 34.1 Å². The molecule has 0 saturated carbocycles. The molecule has 1 N–H and O–H groups in total. The lowest BCUT2D eigenvalue weighted by Gasteiger charge is -2.32. The van der Waals surface area contributed by atoms with Gasteiger partial charge in [-0.3, -0.25) is 13.9 Å².